The largest absolute Gasteiger partial charge is 0.454 e. The van der Waals surface area contributed by atoms with Gasteiger partial charge in [0.05, 0.1) is 5.56 Å². The molecule has 0 unspecified atom stereocenters. The smallest absolute Gasteiger partial charge is 0.329 e. The van der Waals surface area contributed by atoms with Crippen LogP contribution in [0.25, 0.3) is 0 Å². The summed E-state index contributed by atoms with van der Waals surface area (Å²) in [4.78, 5) is 46.1. The lowest BCUT2D eigenvalue weighted by atomic mass is 10.0. The minimum absolute atomic E-state index is 0.275. The Morgan fingerprint density at radius 3 is 2.38 bits per heavy atom. The molecule has 4 amide bonds. The average Bonchev–Trinajstić information content (AvgIpc) is 2.49. The molecular formula is C15H18BrN3O5. The molecule has 0 aliphatic carbocycles. The van der Waals surface area contributed by atoms with Crippen molar-refractivity contribution in [2.24, 2.45) is 11.7 Å². The molecular weight excluding hydrogens is 382 g/mol. The van der Waals surface area contributed by atoms with E-state index >= 15 is 0 Å². The number of rotatable bonds is 6. The number of nitrogens with two attached hydrogens (primary N) is 1. The number of urea groups is 1. The number of halogens is 1. The van der Waals surface area contributed by atoms with Crippen molar-refractivity contribution in [1.82, 2.24) is 10.6 Å². The van der Waals surface area contributed by atoms with Crippen LogP contribution in [0.15, 0.2) is 28.7 Å². The highest BCUT2D eigenvalue weighted by Gasteiger charge is 2.27. The molecule has 0 radical (unpaired) electrons. The van der Waals surface area contributed by atoms with E-state index in [2.05, 4.69) is 21.2 Å². The number of esters is 1. The Labute approximate surface area is 147 Å². The predicted octanol–water partition coefficient (Wildman–Crippen LogP) is 0.942. The molecule has 0 aliphatic rings. The van der Waals surface area contributed by atoms with Crippen LogP contribution in [0.2, 0.25) is 0 Å². The number of nitrogens with one attached hydrogen (secondary N) is 2. The summed E-state index contributed by atoms with van der Waals surface area (Å²) < 4.78 is 5.39. The number of hydrogen-bond acceptors (Lipinski definition) is 5. The van der Waals surface area contributed by atoms with Gasteiger partial charge in [-0.1, -0.05) is 26.0 Å². The quantitative estimate of drug-likeness (QED) is 0.613. The maximum Gasteiger partial charge on any atom is 0.329 e. The van der Waals surface area contributed by atoms with Gasteiger partial charge in [-0.15, -0.1) is 0 Å². The SMILES string of the molecule is CC(C)[C@H](NC(=O)c1ccccc1Br)C(=O)OCC(=O)NC(N)=O. The summed E-state index contributed by atoms with van der Waals surface area (Å²) >= 11 is 3.26. The van der Waals surface area contributed by atoms with Crippen molar-refractivity contribution in [3.05, 3.63) is 34.3 Å². The van der Waals surface area contributed by atoms with E-state index in [0.29, 0.717) is 10.0 Å². The van der Waals surface area contributed by atoms with Gasteiger partial charge in [-0.2, -0.15) is 0 Å². The van der Waals surface area contributed by atoms with E-state index in [0.717, 1.165) is 0 Å². The summed E-state index contributed by atoms with van der Waals surface area (Å²) in [5.41, 5.74) is 5.14. The van der Waals surface area contributed by atoms with Gasteiger partial charge in [-0.05, 0) is 34.0 Å². The van der Waals surface area contributed by atoms with E-state index < -0.39 is 36.5 Å². The Kier molecular flexibility index (Phi) is 7.37. The number of imide groups is 1. The van der Waals surface area contributed by atoms with Crippen molar-refractivity contribution >= 4 is 39.7 Å². The molecule has 1 rings (SSSR count). The molecule has 1 aromatic rings. The maximum atomic E-state index is 12.3. The first-order chi connectivity index (χ1) is 11.2. The van der Waals surface area contributed by atoms with Crippen LogP contribution in [0.4, 0.5) is 4.79 Å². The topological polar surface area (TPSA) is 128 Å². The molecule has 0 saturated carbocycles. The molecule has 0 aliphatic heterocycles. The first-order valence-electron chi connectivity index (χ1n) is 7.03. The van der Waals surface area contributed by atoms with Gasteiger partial charge in [-0.3, -0.25) is 14.9 Å². The fraction of sp³-hybridized carbons (Fsp3) is 0.333. The summed E-state index contributed by atoms with van der Waals surface area (Å²) in [5.74, 6) is -2.37. The van der Waals surface area contributed by atoms with E-state index in [-0.39, 0.29) is 5.92 Å². The predicted molar refractivity (Wildman–Crippen MR) is 88.9 cm³/mol. The molecule has 0 fully saturated rings. The van der Waals surface area contributed by atoms with Crippen molar-refractivity contribution in [1.29, 1.82) is 0 Å². The van der Waals surface area contributed by atoms with Crippen molar-refractivity contribution in [3.8, 4) is 0 Å². The van der Waals surface area contributed by atoms with E-state index in [1.807, 2.05) is 0 Å². The van der Waals surface area contributed by atoms with Gasteiger partial charge < -0.3 is 15.8 Å². The fourth-order valence-corrected chi connectivity index (χ4v) is 2.23. The lowest BCUT2D eigenvalue weighted by Crippen LogP contribution is -2.46. The highest BCUT2D eigenvalue weighted by Crippen LogP contribution is 2.16. The van der Waals surface area contributed by atoms with E-state index in [9.17, 15) is 19.2 Å². The number of hydrogen-bond donors (Lipinski definition) is 3. The summed E-state index contributed by atoms with van der Waals surface area (Å²) in [6, 6.07) is 4.75. The molecule has 8 nitrogen and oxygen atoms in total. The van der Waals surface area contributed by atoms with E-state index in [4.69, 9.17) is 10.5 Å². The highest BCUT2D eigenvalue weighted by molar-refractivity contribution is 9.10. The van der Waals surface area contributed by atoms with Crippen LogP contribution >= 0.6 is 15.9 Å². The maximum absolute atomic E-state index is 12.3. The lowest BCUT2D eigenvalue weighted by molar-refractivity contribution is -0.151. The van der Waals surface area contributed by atoms with Gasteiger partial charge in [0.15, 0.2) is 6.61 Å². The third-order valence-electron chi connectivity index (χ3n) is 2.93. The fourth-order valence-electron chi connectivity index (χ4n) is 1.76. The Bertz CT molecular complexity index is 648. The first-order valence-corrected chi connectivity index (χ1v) is 7.83. The second kappa shape index (κ2) is 9.02. The van der Waals surface area contributed by atoms with Crippen LogP contribution in [0.1, 0.15) is 24.2 Å². The minimum atomic E-state index is -1.04. The monoisotopic (exact) mass is 399 g/mol. The normalized spacial score (nSPS) is 11.5. The van der Waals surface area contributed by atoms with Crippen LogP contribution < -0.4 is 16.4 Å². The molecule has 0 aromatic heterocycles. The summed E-state index contributed by atoms with van der Waals surface area (Å²) in [5, 5.41) is 4.34. The Morgan fingerprint density at radius 1 is 1.21 bits per heavy atom. The average molecular weight is 400 g/mol. The van der Waals surface area contributed by atoms with Crippen molar-refractivity contribution in [3.63, 3.8) is 0 Å². The molecule has 0 bridgehead atoms. The number of benzene rings is 1. The van der Waals surface area contributed by atoms with Crippen LogP contribution in [0.3, 0.4) is 0 Å². The summed E-state index contributed by atoms with van der Waals surface area (Å²) in [7, 11) is 0. The van der Waals surface area contributed by atoms with E-state index in [1.54, 1.807) is 43.4 Å². The third kappa shape index (κ3) is 5.99. The zero-order valence-electron chi connectivity index (χ0n) is 13.2. The summed E-state index contributed by atoms with van der Waals surface area (Å²) in [6.07, 6.45) is 0. The second-order valence-corrected chi connectivity index (χ2v) is 6.05. The third-order valence-corrected chi connectivity index (χ3v) is 3.63. The summed E-state index contributed by atoms with van der Waals surface area (Å²) in [6.45, 7) is 2.77. The Hall–Kier alpha value is -2.42. The molecule has 9 heteroatoms. The van der Waals surface area contributed by atoms with Crippen LogP contribution in [-0.2, 0) is 14.3 Å². The van der Waals surface area contributed by atoms with Gasteiger partial charge in [-0.25, -0.2) is 9.59 Å². The zero-order chi connectivity index (χ0) is 18.3. The molecule has 1 aromatic carbocycles. The molecule has 130 valence electrons. The number of ether oxygens (including phenoxy) is 1. The first kappa shape index (κ1) is 19.6. The highest BCUT2D eigenvalue weighted by atomic mass is 79.9. The molecule has 4 N–H and O–H groups in total. The minimum Gasteiger partial charge on any atom is -0.454 e. The van der Waals surface area contributed by atoms with Crippen LogP contribution in [0, 0.1) is 5.92 Å². The van der Waals surface area contributed by atoms with Gasteiger partial charge in [0, 0.05) is 4.47 Å². The van der Waals surface area contributed by atoms with Gasteiger partial charge in [0.1, 0.15) is 6.04 Å². The molecule has 1 atom stereocenters. The molecule has 0 heterocycles. The number of carbonyl (C=O) groups excluding carboxylic acids is 4. The van der Waals surface area contributed by atoms with E-state index in [1.165, 1.54) is 0 Å². The van der Waals surface area contributed by atoms with Gasteiger partial charge in [0.25, 0.3) is 11.8 Å². The molecule has 0 saturated heterocycles. The van der Waals surface area contributed by atoms with Crippen molar-refractivity contribution in [2.45, 2.75) is 19.9 Å². The lowest BCUT2D eigenvalue weighted by Gasteiger charge is -2.21. The number of carbonyl (C=O) groups is 4. The Morgan fingerprint density at radius 2 is 1.83 bits per heavy atom. The van der Waals surface area contributed by atoms with Crippen molar-refractivity contribution < 1.29 is 23.9 Å². The molecule has 0 spiro atoms. The second-order valence-electron chi connectivity index (χ2n) is 5.20. The van der Waals surface area contributed by atoms with Crippen LogP contribution in [0.5, 0.6) is 0 Å². The Balaban J connectivity index is 2.71. The van der Waals surface area contributed by atoms with Gasteiger partial charge >= 0.3 is 12.0 Å². The number of amides is 4. The zero-order valence-corrected chi connectivity index (χ0v) is 14.8. The van der Waals surface area contributed by atoms with Crippen LogP contribution in [-0.4, -0.2) is 36.5 Å². The molecule has 24 heavy (non-hydrogen) atoms. The van der Waals surface area contributed by atoms with Gasteiger partial charge in [0.2, 0.25) is 0 Å². The van der Waals surface area contributed by atoms with Crippen molar-refractivity contribution in [2.75, 3.05) is 6.61 Å². The standard InChI is InChI=1S/C15H18BrN3O5/c1-8(2)12(14(22)24-7-11(20)18-15(17)23)19-13(21)9-5-3-4-6-10(9)16/h3-6,8,12H,7H2,1-2H3,(H,19,21)(H3,17,18,20,23)/t12-/m0/s1. The number of primary amides is 1.